The minimum absolute atomic E-state index is 0.176. The third-order valence-corrected chi connectivity index (χ3v) is 2.80. The molecule has 0 aromatic rings. The van der Waals surface area contributed by atoms with Crippen LogP contribution >= 0.6 is 0 Å². The molecule has 0 radical (unpaired) electrons. The number of ether oxygens (including phenoxy) is 2. The molecule has 0 aromatic heterocycles. The highest BCUT2D eigenvalue weighted by atomic mass is 16.5. The van der Waals surface area contributed by atoms with Crippen LogP contribution in [0, 0.1) is 5.41 Å². The van der Waals surface area contributed by atoms with Crippen molar-refractivity contribution in [3.63, 3.8) is 0 Å². The van der Waals surface area contributed by atoms with Crippen LogP contribution in [-0.2, 0) is 19.1 Å². The Hall–Kier alpha value is -1.14. The number of aliphatic carboxylic acids is 2. The Bertz CT molecular complexity index is 253. The molecule has 0 aliphatic carbocycles. The Morgan fingerprint density at radius 3 is 1.72 bits per heavy atom. The maximum Gasteiger partial charge on any atom is 0.310 e. The molecule has 0 aliphatic rings. The van der Waals surface area contributed by atoms with E-state index in [-0.39, 0.29) is 26.1 Å². The standard InChI is InChI=1S/C12H22O6/c1-3-17-7-5-12(11(15)16,9-10(13)14)6-8-18-4-2/h3-9H2,1-2H3,(H,13,14)(H,15,16). The van der Waals surface area contributed by atoms with Gasteiger partial charge in [0.2, 0.25) is 0 Å². The first-order chi connectivity index (χ1) is 8.48. The first-order valence-corrected chi connectivity index (χ1v) is 6.09. The molecule has 0 rings (SSSR count). The second-order valence-corrected chi connectivity index (χ2v) is 4.05. The highest BCUT2D eigenvalue weighted by Crippen LogP contribution is 2.31. The first kappa shape index (κ1) is 16.9. The van der Waals surface area contributed by atoms with E-state index < -0.39 is 23.8 Å². The van der Waals surface area contributed by atoms with Crippen molar-refractivity contribution in [3.05, 3.63) is 0 Å². The fourth-order valence-corrected chi connectivity index (χ4v) is 1.70. The minimum atomic E-state index is -1.31. The maximum atomic E-state index is 11.4. The monoisotopic (exact) mass is 262 g/mol. The van der Waals surface area contributed by atoms with E-state index in [1.165, 1.54) is 0 Å². The van der Waals surface area contributed by atoms with Gasteiger partial charge < -0.3 is 19.7 Å². The maximum absolute atomic E-state index is 11.4. The Labute approximate surface area is 107 Å². The molecule has 0 fully saturated rings. The molecule has 0 amide bonds. The number of hydrogen-bond acceptors (Lipinski definition) is 4. The fourth-order valence-electron chi connectivity index (χ4n) is 1.70. The third-order valence-electron chi connectivity index (χ3n) is 2.80. The summed E-state index contributed by atoms with van der Waals surface area (Å²) in [5.41, 5.74) is -1.31. The quantitative estimate of drug-likeness (QED) is 0.546. The lowest BCUT2D eigenvalue weighted by Crippen LogP contribution is -2.36. The molecule has 0 spiro atoms. The molecule has 0 aromatic carbocycles. The zero-order chi connectivity index (χ0) is 14.0. The van der Waals surface area contributed by atoms with Gasteiger partial charge in [0.05, 0.1) is 11.8 Å². The van der Waals surface area contributed by atoms with E-state index in [0.29, 0.717) is 13.2 Å². The molecule has 0 bridgehead atoms. The van der Waals surface area contributed by atoms with E-state index in [1.807, 2.05) is 0 Å². The van der Waals surface area contributed by atoms with Crippen molar-refractivity contribution in [2.45, 2.75) is 33.1 Å². The fraction of sp³-hybridized carbons (Fsp3) is 0.833. The Balaban J connectivity index is 4.67. The second-order valence-electron chi connectivity index (χ2n) is 4.05. The topological polar surface area (TPSA) is 93.1 Å². The largest absolute Gasteiger partial charge is 0.481 e. The zero-order valence-electron chi connectivity index (χ0n) is 11.0. The van der Waals surface area contributed by atoms with Crippen LogP contribution in [0.3, 0.4) is 0 Å². The average molecular weight is 262 g/mol. The van der Waals surface area contributed by atoms with Gasteiger partial charge in [0, 0.05) is 26.4 Å². The van der Waals surface area contributed by atoms with Crippen molar-refractivity contribution in [2.24, 2.45) is 5.41 Å². The van der Waals surface area contributed by atoms with Crippen LogP contribution in [0.2, 0.25) is 0 Å². The zero-order valence-corrected chi connectivity index (χ0v) is 11.0. The lowest BCUT2D eigenvalue weighted by Gasteiger charge is -2.27. The molecule has 6 heteroatoms. The molecule has 106 valence electrons. The molecule has 0 unspecified atom stereocenters. The van der Waals surface area contributed by atoms with Crippen LogP contribution in [0.1, 0.15) is 33.1 Å². The molecule has 0 aliphatic heterocycles. The van der Waals surface area contributed by atoms with Crippen LogP contribution < -0.4 is 0 Å². The smallest absolute Gasteiger partial charge is 0.310 e. The first-order valence-electron chi connectivity index (χ1n) is 6.09. The van der Waals surface area contributed by atoms with E-state index in [1.54, 1.807) is 13.8 Å². The number of rotatable bonds is 11. The van der Waals surface area contributed by atoms with Crippen molar-refractivity contribution in [3.8, 4) is 0 Å². The summed E-state index contributed by atoms with van der Waals surface area (Å²) in [4.78, 5) is 22.2. The minimum Gasteiger partial charge on any atom is -0.481 e. The van der Waals surface area contributed by atoms with Crippen LogP contribution in [0.4, 0.5) is 0 Å². The molecule has 0 heterocycles. The number of hydrogen-bond donors (Lipinski definition) is 2. The van der Waals surface area contributed by atoms with Gasteiger partial charge in [-0.3, -0.25) is 9.59 Å². The lowest BCUT2D eigenvalue weighted by atomic mass is 9.78. The van der Waals surface area contributed by atoms with Crippen molar-refractivity contribution in [1.29, 1.82) is 0 Å². The van der Waals surface area contributed by atoms with Gasteiger partial charge in [0.1, 0.15) is 0 Å². The van der Waals surface area contributed by atoms with Gasteiger partial charge in [0.25, 0.3) is 0 Å². The van der Waals surface area contributed by atoms with Gasteiger partial charge in [-0.15, -0.1) is 0 Å². The van der Waals surface area contributed by atoms with E-state index in [4.69, 9.17) is 14.6 Å². The molecule has 6 nitrogen and oxygen atoms in total. The van der Waals surface area contributed by atoms with E-state index in [9.17, 15) is 14.7 Å². The molecule has 0 saturated heterocycles. The van der Waals surface area contributed by atoms with Crippen molar-refractivity contribution in [1.82, 2.24) is 0 Å². The summed E-state index contributed by atoms with van der Waals surface area (Å²) in [6, 6.07) is 0. The van der Waals surface area contributed by atoms with Gasteiger partial charge in [0.15, 0.2) is 0 Å². The van der Waals surface area contributed by atoms with E-state index >= 15 is 0 Å². The highest BCUT2D eigenvalue weighted by Gasteiger charge is 2.40. The van der Waals surface area contributed by atoms with Crippen molar-refractivity contribution < 1.29 is 29.3 Å². The van der Waals surface area contributed by atoms with Gasteiger partial charge in [-0.25, -0.2) is 0 Å². The van der Waals surface area contributed by atoms with Crippen molar-refractivity contribution >= 4 is 11.9 Å². The summed E-state index contributed by atoms with van der Waals surface area (Å²) >= 11 is 0. The lowest BCUT2D eigenvalue weighted by molar-refractivity contribution is -0.158. The summed E-state index contributed by atoms with van der Waals surface area (Å²) in [5.74, 6) is -2.23. The van der Waals surface area contributed by atoms with Gasteiger partial charge in [-0.1, -0.05) is 0 Å². The molecular formula is C12H22O6. The SMILES string of the molecule is CCOCCC(CCOCC)(CC(=O)O)C(=O)O. The summed E-state index contributed by atoms with van der Waals surface area (Å²) in [6.45, 7) is 5.05. The predicted octanol–water partition coefficient (Wildman–Crippen LogP) is 1.39. The number of carboxylic acid groups (broad SMARTS) is 2. The van der Waals surface area contributed by atoms with Crippen LogP contribution in [0.15, 0.2) is 0 Å². The predicted molar refractivity (Wildman–Crippen MR) is 64.5 cm³/mol. The third kappa shape index (κ3) is 5.97. The highest BCUT2D eigenvalue weighted by molar-refractivity contribution is 5.81. The van der Waals surface area contributed by atoms with Crippen LogP contribution in [0.25, 0.3) is 0 Å². The van der Waals surface area contributed by atoms with Gasteiger partial charge in [-0.05, 0) is 26.7 Å². The summed E-state index contributed by atoms with van der Waals surface area (Å²) in [7, 11) is 0. The normalized spacial score (nSPS) is 11.4. The van der Waals surface area contributed by atoms with Gasteiger partial charge in [-0.2, -0.15) is 0 Å². The summed E-state index contributed by atoms with van der Waals surface area (Å²) < 4.78 is 10.3. The van der Waals surface area contributed by atoms with Crippen LogP contribution in [0.5, 0.6) is 0 Å². The summed E-state index contributed by atoms with van der Waals surface area (Å²) in [6.07, 6.45) is -0.0619. The molecule has 18 heavy (non-hydrogen) atoms. The second kappa shape index (κ2) is 8.88. The Morgan fingerprint density at radius 1 is 1.00 bits per heavy atom. The van der Waals surface area contributed by atoms with E-state index in [2.05, 4.69) is 0 Å². The molecule has 0 atom stereocenters. The van der Waals surface area contributed by atoms with E-state index in [0.717, 1.165) is 0 Å². The molecular weight excluding hydrogens is 240 g/mol. The number of carbonyl (C=O) groups is 2. The van der Waals surface area contributed by atoms with Gasteiger partial charge >= 0.3 is 11.9 Å². The van der Waals surface area contributed by atoms with Crippen molar-refractivity contribution in [2.75, 3.05) is 26.4 Å². The number of carboxylic acids is 2. The average Bonchev–Trinajstić information content (AvgIpc) is 2.28. The van der Waals surface area contributed by atoms with Crippen LogP contribution in [-0.4, -0.2) is 48.6 Å². The molecule has 2 N–H and O–H groups in total. The molecule has 0 saturated carbocycles. The Morgan fingerprint density at radius 2 is 1.44 bits per heavy atom. The Kier molecular flexibility index (Phi) is 8.32. The summed E-state index contributed by atoms with van der Waals surface area (Å²) in [5, 5.41) is 18.2.